The largest absolute Gasteiger partial charge is 0.309 e. The Morgan fingerprint density at radius 1 is 0.188 bits per heavy atom. The molecular weight excluding hydrogens is 1550 g/mol. The van der Waals surface area contributed by atoms with Gasteiger partial charge in [-0.25, -0.2) is 0 Å². The first-order valence-electron chi connectivity index (χ1n) is 43.4. The second-order valence-electron chi connectivity index (χ2n) is 33.3. The Morgan fingerprint density at radius 2 is 0.500 bits per heavy atom. The van der Waals surface area contributed by atoms with E-state index < -0.39 is 0 Å². The van der Waals surface area contributed by atoms with Crippen molar-refractivity contribution >= 4 is 141 Å². The van der Waals surface area contributed by atoms with Crippen LogP contribution in [0.3, 0.4) is 0 Å². The summed E-state index contributed by atoms with van der Waals surface area (Å²) < 4.78 is 4.66. The van der Waals surface area contributed by atoms with Gasteiger partial charge in [-0.15, -0.1) is 0 Å². The fourth-order valence-corrected chi connectivity index (χ4v) is 20.8. The second kappa shape index (κ2) is 29.7. The predicted molar refractivity (Wildman–Crippen MR) is 533 cm³/mol. The van der Waals surface area contributed by atoms with E-state index in [0.29, 0.717) is 11.1 Å². The van der Waals surface area contributed by atoms with Gasteiger partial charge in [0.05, 0.1) is 62.2 Å². The highest BCUT2D eigenvalue weighted by molar-refractivity contribution is 6.31. The maximum Gasteiger partial charge on any atom is 0.0998 e. The smallest absolute Gasteiger partial charge is 0.0998 e. The lowest BCUT2D eigenvalue weighted by molar-refractivity contribution is 1.18. The van der Waals surface area contributed by atoms with E-state index in [1.54, 1.807) is 0 Å². The molecule has 7 heteroatoms. The van der Waals surface area contributed by atoms with Gasteiger partial charge in [0, 0.05) is 84.4 Å². The molecule has 5 heterocycles. The molecule has 0 aliphatic heterocycles. The maximum atomic E-state index is 10.1. The van der Waals surface area contributed by atoms with Crippen LogP contribution in [0, 0.1) is 22.7 Å². The molecule has 0 N–H and O–H groups in total. The van der Waals surface area contributed by atoms with Gasteiger partial charge in [0.2, 0.25) is 0 Å². The number of fused-ring (bicyclic) bond motifs is 11. The van der Waals surface area contributed by atoms with E-state index in [2.05, 4.69) is 385 Å². The molecule has 0 bridgehead atoms. The molecule has 0 radical (unpaired) electrons. The zero-order valence-electron chi connectivity index (χ0n) is 69.1. The molecule has 0 spiro atoms. The molecular formula is C121H71N7. The average Bonchev–Trinajstić information content (AvgIpc) is 1.58. The van der Waals surface area contributed by atoms with Gasteiger partial charge < -0.3 is 9.13 Å². The summed E-state index contributed by atoms with van der Waals surface area (Å²) in [6.07, 6.45) is 5.58. The van der Waals surface area contributed by atoms with E-state index in [1.165, 1.54) is 131 Å². The van der Waals surface area contributed by atoms with Crippen LogP contribution in [0.4, 0.5) is 0 Å². The first-order chi connectivity index (χ1) is 63.4. The van der Waals surface area contributed by atoms with Crippen LogP contribution in [0.1, 0.15) is 11.1 Å². The summed E-state index contributed by atoms with van der Waals surface area (Å²) in [7, 11) is 0. The Kier molecular flexibility index (Phi) is 17.0. The van der Waals surface area contributed by atoms with Gasteiger partial charge in [-0.2, -0.15) is 10.5 Å². The van der Waals surface area contributed by atoms with Crippen molar-refractivity contribution in [3.05, 3.63) is 442 Å². The third kappa shape index (κ3) is 11.7. The van der Waals surface area contributed by atoms with Crippen LogP contribution < -0.4 is 0 Å². The number of hydrogen-bond donors (Lipinski definition) is 0. The lowest BCUT2D eigenvalue weighted by Crippen LogP contribution is -1.93. The molecule has 0 saturated carbocycles. The van der Waals surface area contributed by atoms with E-state index in [9.17, 15) is 10.5 Å². The number of benzene rings is 21. The summed E-state index contributed by atoms with van der Waals surface area (Å²) in [6.45, 7) is 0. The third-order valence-corrected chi connectivity index (χ3v) is 26.5. The Bertz CT molecular complexity index is 9040. The zero-order valence-corrected chi connectivity index (χ0v) is 69.1. The van der Waals surface area contributed by atoms with Crippen LogP contribution in [0.2, 0.25) is 0 Å². The van der Waals surface area contributed by atoms with E-state index in [0.717, 1.165) is 122 Å². The maximum absolute atomic E-state index is 10.1. The van der Waals surface area contributed by atoms with Crippen molar-refractivity contribution in [2.75, 3.05) is 0 Å². The van der Waals surface area contributed by atoms with E-state index in [-0.39, 0.29) is 0 Å². The van der Waals surface area contributed by atoms with Crippen LogP contribution in [-0.2, 0) is 0 Å². The Labute approximate surface area is 736 Å². The van der Waals surface area contributed by atoms with Crippen molar-refractivity contribution in [3.63, 3.8) is 0 Å². The molecule has 0 saturated heterocycles. The van der Waals surface area contributed by atoms with Crippen LogP contribution in [0.15, 0.2) is 431 Å². The Morgan fingerprint density at radius 3 is 0.883 bits per heavy atom. The molecule has 128 heavy (non-hydrogen) atoms. The number of nitrogens with zero attached hydrogens (tertiary/aromatic N) is 7. The number of aromatic nitrogens is 5. The summed E-state index contributed by atoms with van der Waals surface area (Å²) in [5, 5.41) is 45.0. The van der Waals surface area contributed by atoms with E-state index in [4.69, 9.17) is 15.0 Å². The first-order valence-corrected chi connectivity index (χ1v) is 43.4. The van der Waals surface area contributed by atoms with Crippen molar-refractivity contribution in [2.45, 2.75) is 0 Å². The standard InChI is InChI=1S/C61H36N4.C60H35N3/c62-37-40-24-28-58-60-46(40)25-26-51-45(27-29-59(61(51)60)65(58)44-12-2-1-3-13-44)38-20-22-39(23-21-38)52-35-54-50-17-7-5-15-48(50)53(36-55(54)49-16-6-4-14-47(49)52)41-32-42(56-18-8-10-30-63-56)34-43(33-41)57-19-9-11-31-64-57;61-36-42-27-31-56-58-45(42)28-29-51-44(30-32-57(59(51)58)63(56)43-12-2-1-3-13-43)37-19-23-39(24-20-37)52-34-54-50-17-7-5-15-48(50)53(35-55(54)49-16-6-4-14-47(49)52)40-25-21-38(22-26-40)46-18-8-10-41-11-9-33-62-60(41)46/h1-36H;1-35H. The predicted octanol–water partition coefficient (Wildman–Crippen LogP) is 31.8. The van der Waals surface area contributed by atoms with Gasteiger partial charge >= 0.3 is 0 Å². The molecule has 590 valence electrons. The van der Waals surface area contributed by atoms with Crippen LogP contribution in [0.25, 0.3) is 252 Å². The molecule has 5 aromatic heterocycles. The molecule has 21 aromatic carbocycles. The highest BCUT2D eigenvalue weighted by Crippen LogP contribution is 2.50. The summed E-state index contributed by atoms with van der Waals surface area (Å²) in [6, 6.07) is 153. The number of para-hydroxylation sites is 3. The van der Waals surface area contributed by atoms with Crippen molar-refractivity contribution < 1.29 is 0 Å². The average molecular weight is 1620 g/mol. The Hall–Kier alpha value is -17.5. The molecule has 26 aromatic rings. The first kappa shape index (κ1) is 73.2. The lowest BCUT2D eigenvalue weighted by Gasteiger charge is -2.17. The molecule has 0 atom stereocenters. The topological polar surface area (TPSA) is 96.1 Å². The monoisotopic (exact) mass is 1620 g/mol. The third-order valence-electron chi connectivity index (χ3n) is 26.5. The van der Waals surface area contributed by atoms with Crippen molar-refractivity contribution in [1.82, 2.24) is 24.1 Å². The molecule has 0 fully saturated rings. The van der Waals surface area contributed by atoms with Crippen molar-refractivity contribution in [2.24, 2.45) is 0 Å². The minimum Gasteiger partial charge on any atom is -0.309 e. The number of pyridine rings is 3. The van der Waals surface area contributed by atoms with Crippen molar-refractivity contribution in [3.8, 4) is 124 Å². The number of hydrogen-bond acceptors (Lipinski definition) is 5. The Balaban J connectivity index is 0.000000139. The number of rotatable bonds is 11. The highest BCUT2D eigenvalue weighted by atomic mass is 15.0. The fraction of sp³-hybridized carbons (Fsp3) is 0. The van der Waals surface area contributed by atoms with E-state index >= 15 is 0 Å². The lowest BCUT2D eigenvalue weighted by atomic mass is 9.86. The van der Waals surface area contributed by atoms with E-state index in [1.807, 2.05) is 67.1 Å². The van der Waals surface area contributed by atoms with Gasteiger partial charge in [-0.1, -0.05) is 279 Å². The normalized spacial score (nSPS) is 11.7. The van der Waals surface area contributed by atoms with Crippen molar-refractivity contribution in [1.29, 1.82) is 10.5 Å². The molecule has 0 aliphatic carbocycles. The number of nitriles is 2. The quantitative estimate of drug-likeness (QED) is 0.120. The van der Waals surface area contributed by atoms with Gasteiger partial charge in [0.1, 0.15) is 0 Å². The van der Waals surface area contributed by atoms with Gasteiger partial charge in [-0.05, 0) is 281 Å². The fourth-order valence-electron chi connectivity index (χ4n) is 20.8. The van der Waals surface area contributed by atoms with Crippen LogP contribution in [-0.4, -0.2) is 24.1 Å². The minimum absolute atomic E-state index is 0.692. The summed E-state index contributed by atoms with van der Waals surface area (Å²) >= 11 is 0. The molecule has 0 unspecified atom stereocenters. The molecule has 0 amide bonds. The minimum atomic E-state index is 0.692. The SMILES string of the molecule is N#Cc1ccc2c3c1ccc1c(-c4ccc(-c5cc6c7ccccc7c(-c7cc(-c8ccccn8)cc(-c8ccccn8)c7)cc6c6ccccc56)cc4)ccc(c13)n2-c1ccccc1.N#Cc1ccc2c3c1ccc1c(-c4ccc(-c5cc6c7ccccc7c(-c7ccc(-c8cccc9cccnc89)cc7)cc6c6ccccc56)cc4)ccc(c13)n2-c1ccccc1. The molecule has 7 nitrogen and oxygen atoms in total. The summed E-state index contributed by atoms with van der Waals surface area (Å²) in [5.74, 6) is 0. The van der Waals surface area contributed by atoms with Gasteiger partial charge in [0.25, 0.3) is 0 Å². The molecule has 26 rings (SSSR count). The van der Waals surface area contributed by atoms with Crippen LogP contribution in [0.5, 0.6) is 0 Å². The molecule has 0 aliphatic rings. The van der Waals surface area contributed by atoms with Gasteiger partial charge in [-0.3, -0.25) is 15.0 Å². The zero-order chi connectivity index (χ0) is 84.6. The van der Waals surface area contributed by atoms with Gasteiger partial charge in [0.15, 0.2) is 0 Å². The second-order valence-corrected chi connectivity index (χ2v) is 33.3. The highest BCUT2D eigenvalue weighted by Gasteiger charge is 2.26. The summed E-state index contributed by atoms with van der Waals surface area (Å²) in [4.78, 5) is 14.2. The van der Waals surface area contributed by atoms with Crippen LogP contribution >= 0.6 is 0 Å². The summed E-state index contributed by atoms with van der Waals surface area (Å²) in [5.41, 5.74) is 29.4.